The molecular weight excluding hydrogens is 372 g/mol. The highest BCUT2D eigenvalue weighted by Crippen LogP contribution is 2.22. The molecule has 0 radical (unpaired) electrons. The second-order valence-corrected chi connectivity index (χ2v) is 8.23. The number of ether oxygens (including phenoxy) is 3. The second kappa shape index (κ2) is 13.6. The molecule has 0 aromatic rings. The van der Waals surface area contributed by atoms with E-state index in [1.807, 2.05) is 20.8 Å². The molecule has 0 amide bonds. The van der Waals surface area contributed by atoms with E-state index >= 15 is 0 Å². The van der Waals surface area contributed by atoms with E-state index in [-0.39, 0.29) is 18.2 Å². The van der Waals surface area contributed by atoms with E-state index in [2.05, 4.69) is 13.2 Å². The zero-order valence-electron chi connectivity index (χ0n) is 16.9. The summed E-state index contributed by atoms with van der Waals surface area (Å²) in [4.78, 5) is 23.2. The first kappa shape index (κ1) is 25.5. The van der Waals surface area contributed by atoms with Crippen molar-refractivity contribution in [2.24, 2.45) is 0 Å². The van der Waals surface area contributed by atoms with E-state index in [9.17, 15) is 9.59 Å². The van der Waals surface area contributed by atoms with Gasteiger partial charge in [-0.15, -0.1) is 0 Å². The zero-order chi connectivity index (χ0) is 20.9. The highest BCUT2D eigenvalue weighted by atomic mass is 28.4. The highest BCUT2D eigenvalue weighted by Gasteiger charge is 2.45. The van der Waals surface area contributed by atoms with Gasteiger partial charge in [-0.25, -0.2) is 9.59 Å². The maximum Gasteiger partial charge on any atom is 0.507 e. The predicted molar refractivity (Wildman–Crippen MR) is 102 cm³/mol. The molecule has 0 saturated carbocycles. The second-order valence-electron chi connectivity index (χ2n) is 5.59. The number of carbonyl (C=O) groups is 2. The summed E-state index contributed by atoms with van der Waals surface area (Å²) >= 11 is 0. The molecule has 0 aliphatic heterocycles. The van der Waals surface area contributed by atoms with Gasteiger partial charge in [0.2, 0.25) is 6.29 Å². The third-order valence-corrected chi connectivity index (χ3v) is 6.12. The van der Waals surface area contributed by atoms with Gasteiger partial charge < -0.3 is 27.5 Å². The van der Waals surface area contributed by atoms with Gasteiger partial charge in [-0.1, -0.05) is 13.2 Å². The maximum atomic E-state index is 12.0. The Balaban J connectivity index is 5.23. The van der Waals surface area contributed by atoms with E-state index in [0.29, 0.717) is 19.8 Å². The molecule has 2 unspecified atom stereocenters. The molecule has 0 aromatic carbocycles. The van der Waals surface area contributed by atoms with Gasteiger partial charge in [0.15, 0.2) is 0 Å². The van der Waals surface area contributed by atoms with Gasteiger partial charge in [-0.2, -0.15) is 0 Å². The number of rotatable bonds is 15. The molecule has 0 bridgehead atoms. The summed E-state index contributed by atoms with van der Waals surface area (Å²) in [6.45, 7) is 16.7. The van der Waals surface area contributed by atoms with Gasteiger partial charge in [0.05, 0.1) is 12.7 Å². The van der Waals surface area contributed by atoms with Crippen LogP contribution in [0.1, 0.15) is 34.6 Å². The van der Waals surface area contributed by atoms with Crippen molar-refractivity contribution in [1.29, 1.82) is 0 Å². The van der Waals surface area contributed by atoms with Crippen LogP contribution in [-0.2, 0) is 37.1 Å². The van der Waals surface area contributed by atoms with E-state index in [1.165, 1.54) is 6.92 Å². The fraction of sp³-hybridized carbons (Fsp3) is 0.667. The van der Waals surface area contributed by atoms with Gasteiger partial charge in [-0.3, -0.25) is 0 Å². The average Bonchev–Trinajstić information content (AvgIpc) is 2.60. The van der Waals surface area contributed by atoms with Crippen molar-refractivity contribution in [3.05, 3.63) is 24.8 Å². The molecule has 0 spiro atoms. The molecule has 0 aliphatic carbocycles. The third kappa shape index (κ3) is 10.4. The number of carbonyl (C=O) groups excluding carboxylic acids is 2. The first-order valence-electron chi connectivity index (χ1n) is 8.96. The first-order chi connectivity index (χ1) is 12.7. The molecule has 27 heavy (non-hydrogen) atoms. The number of hydrogen-bond donors (Lipinski definition) is 0. The van der Waals surface area contributed by atoms with Gasteiger partial charge >= 0.3 is 20.7 Å². The first-order valence-corrected chi connectivity index (χ1v) is 10.9. The molecule has 8 nitrogen and oxygen atoms in total. The van der Waals surface area contributed by atoms with Crippen LogP contribution >= 0.6 is 0 Å². The third-order valence-electron chi connectivity index (χ3n) is 3.10. The van der Waals surface area contributed by atoms with Crippen LogP contribution < -0.4 is 0 Å². The molecule has 0 rings (SSSR count). The van der Waals surface area contributed by atoms with Crippen LogP contribution in [0, 0.1) is 0 Å². The van der Waals surface area contributed by atoms with Crippen LogP contribution in [0.2, 0.25) is 6.04 Å². The maximum absolute atomic E-state index is 12.0. The Morgan fingerprint density at radius 2 is 1.56 bits per heavy atom. The fourth-order valence-electron chi connectivity index (χ4n) is 2.04. The van der Waals surface area contributed by atoms with E-state index < -0.39 is 33.1 Å². The normalized spacial score (nSPS) is 13.5. The van der Waals surface area contributed by atoms with Gasteiger partial charge in [0, 0.05) is 31.5 Å². The van der Waals surface area contributed by atoms with Crippen LogP contribution in [0.15, 0.2) is 24.8 Å². The van der Waals surface area contributed by atoms with E-state index in [1.54, 1.807) is 6.92 Å². The minimum atomic E-state index is -3.13. The SMILES string of the molecule is C=CC(=O)OC(C)COC(C[Si](OCC)(OCC)OCC)OC(=O)C(=C)C. The summed E-state index contributed by atoms with van der Waals surface area (Å²) in [6.07, 6.45) is -0.508. The Morgan fingerprint density at radius 3 is 1.96 bits per heavy atom. The molecule has 0 aromatic heterocycles. The summed E-state index contributed by atoms with van der Waals surface area (Å²) in [5.74, 6) is -1.17. The Kier molecular flexibility index (Phi) is 12.8. The molecule has 0 aliphatic rings. The Morgan fingerprint density at radius 1 is 1.04 bits per heavy atom. The monoisotopic (exact) mass is 404 g/mol. The van der Waals surface area contributed by atoms with Gasteiger partial charge in [0.1, 0.15) is 6.10 Å². The fourth-order valence-corrected chi connectivity index (χ4v) is 4.58. The molecule has 156 valence electrons. The smallest absolute Gasteiger partial charge is 0.457 e. The summed E-state index contributed by atoms with van der Waals surface area (Å²) in [6, 6.07) is 0.101. The summed E-state index contributed by atoms with van der Waals surface area (Å²) in [5, 5.41) is 0. The van der Waals surface area contributed by atoms with Crippen molar-refractivity contribution in [1.82, 2.24) is 0 Å². The van der Waals surface area contributed by atoms with Crippen LogP contribution in [0.3, 0.4) is 0 Å². The highest BCUT2D eigenvalue weighted by molar-refractivity contribution is 6.60. The Bertz CT molecular complexity index is 477. The molecule has 0 N–H and O–H groups in total. The van der Waals surface area contributed by atoms with Crippen molar-refractivity contribution < 1.29 is 37.1 Å². The molecular formula is C18H32O8Si. The lowest BCUT2D eigenvalue weighted by Gasteiger charge is -2.31. The van der Waals surface area contributed by atoms with Crippen molar-refractivity contribution in [3.8, 4) is 0 Å². The number of esters is 2. The van der Waals surface area contributed by atoms with Gasteiger partial charge in [0.25, 0.3) is 0 Å². The standard InChI is InChI=1S/C18H32O8Si/c1-8-16(19)25-15(7)12-21-17(26-18(20)14(5)6)13-27(22-9-2,23-10-3)24-11-4/h8,15,17H,1,5,9-13H2,2-4,6-7H3. The van der Waals surface area contributed by atoms with Crippen LogP contribution in [0.25, 0.3) is 0 Å². The topological polar surface area (TPSA) is 89.5 Å². The molecule has 0 fully saturated rings. The van der Waals surface area contributed by atoms with Crippen LogP contribution in [0.4, 0.5) is 0 Å². The van der Waals surface area contributed by atoms with Crippen LogP contribution in [-0.4, -0.2) is 59.6 Å². The van der Waals surface area contributed by atoms with Gasteiger partial charge in [-0.05, 0) is 34.6 Å². The quantitative estimate of drug-likeness (QED) is 0.178. The van der Waals surface area contributed by atoms with Crippen molar-refractivity contribution in [2.75, 3.05) is 26.4 Å². The van der Waals surface area contributed by atoms with E-state index in [0.717, 1.165) is 6.08 Å². The number of hydrogen-bond acceptors (Lipinski definition) is 8. The lowest BCUT2D eigenvalue weighted by Crippen LogP contribution is -2.49. The summed E-state index contributed by atoms with van der Waals surface area (Å²) in [5.41, 5.74) is 0.228. The summed E-state index contributed by atoms with van der Waals surface area (Å²) < 4.78 is 33.4. The van der Waals surface area contributed by atoms with E-state index in [4.69, 9.17) is 27.5 Å². The zero-order valence-corrected chi connectivity index (χ0v) is 17.9. The van der Waals surface area contributed by atoms with Crippen LogP contribution in [0.5, 0.6) is 0 Å². The average molecular weight is 405 g/mol. The summed E-state index contributed by atoms with van der Waals surface area (Å²) in [7, 11) is -3.13. The Hall–Kier alpha value is -1.52. The minimum absolute atomic E-state index is 0.00255. The van der Waals surface area contributed by atoms with Crippen molar-refractivity contribution >= 4 is 20.7 Å². The molecule has 9 heteroatoms. The molecule has 2 atom stereocenters. The van der Waals surface area contributed by atoms with Crippen molar-refractivity contribution in [2.45, 2.75) is 53.1 Å². The predicted octanol–water partition coefficient (Wildman–Crippen LogP) is 2.61. The molecule has 0 saturated heterocycles. The molecule has 0 heterocycles. The Labute approximate surface area is 162 Å². The minimum Gasteiger partial charge on any atom is -0.457 e. The lowest BCUT2D eigenvalue weighted by atomic mass is 10.4. The van der Waals surface area contributed by atoms with Crippen molar-refractivity contribution in [3.63, 3.8) is 0 Å². The largest absolute Gasteiger partial charge is 0.507 e. The lowest BCUT2D eigenvalue weighted by molar-refractivity contribution is -0.180.